The Morgan fingerprint density at radius 1 is 1.58 bits per heavy atom. The first-order valence-electron chi connectivity index (χ1n) is 5.62. The van der Waals surface area contributed by atoms with E-state index in [0.717, 1.165) is 0 Å². The molecule has 0 saturated carbocycles. The monoisotopic (exact) mass is 263 g/mol. The number of aryl methyl sites for hydroxylation is 1. The van der Waals surface area contributed by atoms with Gasteiger partial charge in [-0.2, -0.15) is 0 Å². The van der Waals surface area contributed by atoms with Gasteiger partial charge in [0.1, 0.15) is 18.1 Å². The number of nitrogens with one attached hydrogen (secondary N) is 2. The van der Waals surface area contributed by atoms with E-state index in [1.54, 1.807) is 13.0 Å². The third-order valence-electron chi connectivity index (χ3n) is 2.58. The topological polar surface area (TPSA) is 108 Å². The summed E-state index contributed by atoms with van der Waals surface area (Å²) in [7, 11) is 0. The first-order valence-corrected chi connectivity index (χ1v) is 5.62. The van der Waals surface area contributed by atoms with E-state index >= 15 is 0 Å². The minimum absolute atomic E-state index is 0.137. The maximum atomic E-state index is 11.8. The average molecular weight is 263 g/mol. The Hall–Kier alpha value is -2.57. The van der Waals surface area contributed by atoms with E-state index < -0.39 is 17.9 Å². The number of furan rings is 1. The van der Waals surface area contributed by atoms with Crippen molar-refractivity contribution < 1.29 is 19.1 Å². The maximum absolute atomic E-state index is 11.8. The molecule has 2 aromatic rings. The molecule has 0 saturated heterocycles. The molecule has 0 aliphatic carbocycles. The number of amides is 1. The van der Waals surface area contributed by atoms with Crippen molar-refractivity contribution in [2.45, 2.75) is 19.4 Å². The van der Waals surface area contributed by atoms with Crippen molar-refractivity contribution in [3.8, 4) is 0 Å². The Kier molecular flexibility index (Phi) is 3.65. The van der Waals surface area contributed by atoms with Crippen LogP contribution in [0.1, 0.15) is 21.8 Å². The molecule has 7 nitrogen and oxygen atoms in total. The Balaban J connectivity index is 2.04. The molecule has 0 radical (unpaired) electrons. The summed E-state index contributed by atoms with van der Waals surface area (Å²) in [5, 5.41) is 11.5. The molecule has 0 unspecified atom stereocenters. The normalized spacial score (nSPS) is 12.1. The molecule has 1 atom stereocenters. The van der Waals surface area contributed by atoms with E-state index in [-0.39, 0.29) is 6.42 Å². The van der Waals surface area contributed by atoms with Crippen LogP contribution in [-0.2, 0) is 11.2 Å². The molecule has 1 amide bonds. The Bertz CT molecular complexity index is 574. The highest BCUT2D eigenvalue weighted by molar-refractivity contribution is 5.96. The molecule has 0 aliphatic rings. The van der Waals surface area contributed by atoms with Crippen LogP contribution >= 0.6 is 0 Å². The minimum Gasteiger partial charge on any atom is -0.480 e. The predicted molar refractivity (Wildman–Crippen MR) is 64.6 cm³/mol. The van der Waals surface area contributed by atoms with E-state index in [0.29, 0.717) is 17.0 Å². The smallest absolute Gasteiger partial charge is 0.326 e. The third-order valence-corrected chi connectivity index (χ3v) is 2.58. The number of rotatable bonds is 5. The fourth-order valence-corrected chi connectivity index (χ4v) is 1.62. The van der Waals surface area contributed by atoms with Crippen molar-refractivity contribution in [1.82, 2.24) is 15.3 Å². The van der Waals surface area contributed by atoms with Crippen molar-refractivity contribution in [3.63, 3.8) is 0 Å². The Morgan fingerprint density at radius 3 is 2.89 bits per heavy atom. The van der Waals surface area contributed by atoms with Crippen molar-refractivity contribution in [2.24, 2.45) is 0 Å². The van der Waals surface area contributed by atoms with Crippen LogP contribution in [0, 0.1) is 6.92 Å². The number of carbonyl (C=O) groups excluding carboxylic acids is 1. The molecule has 2 rings (SSSR count). The van der Waals surface area contributed by atoms with E-state index in [9.17, 15) is 9.59 Å². The maximum Gasteiger partial charge on any atom is 0.326 e. The van der Waals surface area contributed by atoms with Gasteiger partial charge in [0.25, 0.3) is 5.91 Å². The molecule has 7 heteroatoms. The van der Waals surface area contributed by atoms with Gasteiger partial charge in [0.05, 0.1) is 11.9 Å². The first kappa shape index (κ1) is 12.9. The van der Waals surface area contributed by atoms with E-state index in [4.69, 9.17) is 9.52 Å². The number of carboxylic acids is 1. The van der Waals surface area contributed by atoms with E-state index in [1.165, 1.54) is 18.8 Å². The van der Waals surface area contributed by atoms with Crippen molar-refractivity contribution in [1.29, 1.82) is 0 Å². The standard InChI is InChI=1S/C12H13N3O4/c1-7-2-8(5-19-7)11(16)15-10(12(17)18)3-9-4-13-6-14-9/h2,4-6,10H,3H2,1H3,(H,13,14)(H,15,16)(H,17,18)/t10-/m1/s1. The summed E-state index contributed by atoms with van der Waals surface area (Å²) in [4.78, 5) is 29.6. The minimum atomic E-state index is -1.11. The lowest BCUT2D eigenvalue weighted by Gasteiger charge is -2.12. The number of hydrogen-bond donors (Lipinski definition) is 3. The van der Waals surface area contributed by atoms with Crippen molar-refractivity contribution in [2.75, 3.05) is 0 Å². The summed E-state index contributed by atoms with van der Waals surface area (Å²) in [5.74, 6) is -1.00. The van der Waals surface area contributed by atoms with Gasteiger partial charge < -0.3 is 19.8 Å². The van der Waals surface area contributed by atoms with Crippen molar-refractivity contribution in [3.05, 3.63) is 41.9 Å². The van der Waals surface area contributed by atoms with Crippen LogP contribution in [0.4, 0.5) is 0 Å². The van der Waals surface area contributed by atoms with E-state index in [1.807, 2.05) is 0 Å². The summed E-state index contributed by atoms with van der Waals surface area (Å²) in [5.41, 5.74) is 0.935. The van der Waals surface area contributed by atoms with Crippen LogP contribution in [0.3, 0.4) is 0 Å². The first-order chi connectivity index (χ1) is 9.06. The second-order valence-corrected chi connectivity index (χ2v) is 4.09. The number of carbonyl (C=O) groups is 2. The lowest BCUT2D eigenvalue weighted by atomic mass is 10.1. The third kappa shape index (κ3) is 3.21. The number of hydrogen-bond acceptors (Lipinski definition) is 4. The van der Waals surface area contributed by atoms with Gasteiger partial charge in [0.2, 0.25) is 0 Å². The zero-order valence-electron chi connectivity index (χ0n) is 10.2. The van der Waals surface area contributed by atoms with Gasteiger partial charge in [0, 0.05) is 18.3 Å². The highest BCUT2D eigenvalue weighted by Gasteiger charge is 2.22. The lowest BCUT2D eigenvalue weighted by molar-refractivity contribution is -0.139. The number of H-pyrrole nitrogens is 1. The molecule has 0 fully saturated rings. The van der Waals surface area contributed by atoms with Gasteiger partial charge in [-0.1, -0.05) is 0 Å². The summed E-state index contributed by atoms with van der Waals surface area (Å²) in [6.07, 6.45) is 4.40. The van der Waals surface area contributed by atoms with Gasteiger partial charge in [-0.25, -0.2) is 9.78 Å². The molecular formula is C12H13N3O4. The number of nitrogens with zero attached hydrogens (tertiary/aromatic N) is 1. The van der Waals surface area contributed by atoms with Gasteiger partial charge in [-0.3, -0.25) is 4.79 Å². The Morgan fingerprint density at radius 2 is 2.37 bits per heavy atom. The number of imidazole rings is 1. The molecule has 2 heterocycles. The highest BCUT2D eigenvalue weighted by atomic mass is 16.4. The quantitative estimate of drug-likeness (QED) is 0.737. The number of carboxylic acid groups (broad SMARTS) is 1. The van der Waals surface area contributed by atoms with Gasteiger partial charge in [0.15, 0.2) is 0 Å². The molecule has 100 valence electrons. The molecule has 0 spiro atoms. The molecule has 2 aromatic heterocycles. The van der Waals surface area contributed by atoms with Crippen molar-refractivity contribution >= 4 is 11.9 Å². The lowest BCUT2D eigenvalue weighted by Crippen LogP contribution is -2.42. The summed E-state index contributed by atoms with van der Waals surface area (Å²) in [6.45, 7) is 1.70. The summed E-state index contributed by atoms with van der Waals surface area (Å²) in [6, 6.07) is 0.521. The fourth-order valence-electron chi connectivity index (χ4n) is 1.62. The zero-order valence-corrected chi connectivity index (χ0v) is 10.2. The summed E-state index contributed by atoms with van der Waals surface area (Å²) < 4.78 is 5.01. The largest absolute Gasteiger partial charge is 0.480 e. The second kappa shape index (κ2) is 5.38. The van der Waals surface area contributed by atoms with Gasteiger partial charge >= 0.3 is 5.97 Å². The Labute approximate surface area is 108 Å². The van der Waals surface area contributed by atoms with Gasteiger partial charge in [-0.05, 0) is 13.0 Å². The molecular weight excluding hydrogens is 250 g/mol. The molecule has 19 heavy (non-hydrogen) atoms. The number of aromatic nitrogens is 2. The van der Waals surface area contributed by atoms with Crippen LogP contribution in [0.5, 0.6) is 0 Å². The van der Waals surface area contributed by atoms with Gasteiger partial charge in [-0.15, -0.1) is 0 Å². The second-order valence-electron chi connectivity index (χ2n) is 4.09. The highest BCUT2D eigenvalue weighted by Crippen LogP contribution is 2.07. The molecule has 3 N–H and O–H groups in total. The van der Waals surface area contributed by atoms with E-state index in [2.05, 4.69) is 15.3 Å². The van der Waals surface area contributed by atoms with Crippen LogP contribution < -0.4 is 5.32 Å². The SMILES string of the molecule is Cc1cc(C(=O)N[C@H](Cc2cnc[nH]2)C(=O)O)co1. The number of aliphatic carboxylic acids is 1. The van der Waals surface area contributed by atoms with Crippen LogP contribution in [0.2, 0.25) is 0 Å². The van der Waals surface area contributed by atoms with Crippen LogP contribution in [-0.4, -0.2) is 33.0 Å². The summed E-state index contributed by atoms with van der Waals surface area (Å²) >= 11 is 0. The molecule has 0 aromatic carbocycles. The molecule has 0 aliphatic heterocycles. The van der Waals surface area contributed by atoms with Crippen LogP contribution in [0.25, 0.3) is 0 Å². The fraction of sp³-hybridized carbons (Fsp3) is 0.250. The molecule has 0 bridgehead atoms. The predicted octanol–water partition coefficient (Wildman–Crippen LogP) is 0.737. The zero-order chi connectivity index (χ0) is 13.8. The number of aromatic amines is 1. The van der Waals surface area contributed by atoms with Crippen LogP contribution in [0.15, 0.2) is 29.3 Å². The average Bonchev–Trinajstić information content (AvgIpc) is 2.99.